The van der Waals surface area contributed by atoms with Crippen molar-refractivity contribution in [3.63, 3.8) is 0 Å². The van der Waals surface area contributed by atoms with Gasteiger partial charge < -0.3 is 9.88 Å². The van der Waals surface area contributed by atoms with Crippen LogP contribution in [0.15, 0.2) is 42.5 Å². The lowest BCUT2D eigenvalue weighted by atomic mass is 10.1. The molecule has 0 radical (unpaired) electrons. The van der Waals surface area contributed by atoms with E-state index in [1.54, 1.807) is 0 Å². The summed E-state index contributed by atoms with van der Waals surface area (Å²) in [6, 6.07) is 11.7. The molecule has 1 N–H and O–H groups in total. The number of aromatic nitrogens is 2. The SMILES string of the molecule is Cn1c(CCCNC(=O)Cc2cccc(F)c2F)nc2ccccc21. The molecule has 0 saturated carbocycles. The summed E-state index contributed by atoms with van der Waals surface area (Å²) < 4.78 is 28.7. The first kappa shape index (κ1) is 17.1. The van der Waals surface area contributed by atoms with Crippen molar-refractivity contribution in [3.05, 3.63) is 65.5 Å². The number of hydrogen-bond acceptors (Lipinski definition) is 2. The largest absolute Gasteiger partial charge is 0.356 e. The first-order valence-corrected chi connectivity index (χ1v) is 8.16. The molecule has 130 valence electrons. The predicted octanol–water partition coefficient (Wildman–Crippen LogP) is 3.14. The second kappa shape index (κ2) is 7.42. The van der Waals surface area contributed by atoms with Crippen LogP contribution in [-0.2, 0) is 24.7 Å². The Kier molecular flexibility index (Phi) is 5.07. The summed E-state index contributed by atoms with van der Waals surface area (Å²) in [6.07, 6.45) is 1.27. The van der Waals surface area contributed by atoms with Crippen molar-refractivity contribution >= 4 is 16.9 Å². The lowest BCUT2D eigenvalue weighted by Gasteiger charge is -2.07. The van der Waals surface area contributed by atoms with Gasteiger partial charge >= 0.3 is 0 Å². The van der Waals surface area contributed by atoms with Gasteiger partial charge in [-0.05, 0) is 24.6 Å². The number of imidazole rings is 1. The fraction of sp³-hybridized carbons (Fsp3) is 0.263. The fourth-order valence-electron chi connectivity index (χ4n) is 2.81. The van der Waals surface area contributed by atoms with Crippen molar-refractivity contribution in [2.75, 3.05) is 6.54 Å². The van der Waals surface area contributed by atoms with E-state index < -0.39 is 11.6 Å². The van der Waals surface area contributed by atoms with Crippen LogP contribution in [0.4, 0.5) is 8.78 Å². The van der Waals surface area contributed by atoms with Crippen LogP contribution in [0.3, 0.4) is 0 Å². The highest BCUT2D eigenvalue weighted by molar-refractivity contribution is 5.78. The highest BCUT2D eigenvalue weighted by Crippen LogP contribution is 2.15. The van der Waals surface area contributed by atoms with Gasteiger partial charge in [-0.15, -0.1) is 0 Å². The van der Waals surface area contributed by atoms with Gasteiger partial charge in [0.25, 0.3) is 0 Å². The standard InChI is InChI=1S/C19H19F2N3O/c1-24-16-9-3-2-8-15(16)23-17(24)10-5-11-22-18(25)12-13-6-4-7-14(20)19(13)21/h2-4,6-9H,5,10-12H2,1H3,(H,22,25). The molecule has 1 heterocycles. The molecule has 0 fully saturated rings. The van der Waals surface area contributed by atoms with E-state index in [9.17, 15) is 13.6 Å². The summed E-state index contributed by atoms with van der Waals surface area (Å²) in [5.74, 6) is -1.27. The minimum absolute atomic E-state index is 0.0628. The molecule has 0 unspecified atom stereocenters. The zero-order valence-corrected chi connectivity index (χ0v) is 13.9. The van der Waals surface area contributed by atoms with Gasteiger partial charge in [-0.2, -0.15) is 0 Å². The van der Waals surface area contributed by atoms with Crippen LogP contribution in [0.5, 0.6) is 0 Å². The molecular formula is C19H19F2N3O. The highest BCUT2D eigenvalue weighted by Gasteiger charge is 2.11. The Hall–Kier alpha value is -2.76. The molecule has 1 aromatic heterocycles. The lowest BCUT2D eigenvalue weighted by Crippen LogP contribution is -2.27. The fourth-order valence-corrected chi connectivity index (χ4v) is 2.81. The van der Waals surface area contributed by atoms with E-state index in [1.807, 2.05) is 35.9 Å². The molecule has 0 bridgehead atoms. The molecule has 0 atom stereocenters. The van der Waals surface area contributed by atoms with E-state index in [0.717, 1.165) is 29.3 Å². The van der Waals surface area contributed by atoms with E-state index in [2.05, 4.69) is 10.3 Å². The van der Waals surface area contributed by atoms with Crippen LogP contribution >= 0.6 is 0 Å². The zero-order chi connectivity index (χ0) is 17.8. The summed E-state index contributed by atoms with van der Waals surface area (Å²) in [5.41, 5.74) is 2.08. The lowest BCUT2D eigenvalue weighted by molar-refractivity contribution is -0.120. The number of halogens is 2. The molecule has 2 aromatic carbocycles. The number of nitrogens with zero attached hydrogens (tertiary/aromatic N) is 2. The van der Waals surface area contributed by atoms with E-state index in [1.165, 1.54) is 12.1 Å². The third-order valence-corrected chi connectivity index (χ3v) is 4.16. The van der Waals surface area contributed by atoms with Gasteiger partial charge in [0.2, 0.25) is 5.91 Å². The molecule has 25 heavy (non-hydrogen) atoms. The van der Waals surface area contributed by atoms with Gasteiger partial charge in [0.15, 0.2) is 11.6 Å². The Morgan fingerprint density at radius 3 is 2.76 bits per heavy atom. The van der Waals surface area contributed by atoms with Crippen molar-refractivity contribution in [2.45, 2.75) is 19.3 Å². The van der Waals surface area contributed by atoms with Gasteiger partial charge in [0.05, 0.1) is 17.5 Å². The van der Waals surface area contributed by atoms with Gasteiger partial charge in [-0.25, -0.2) is 13.8 Å². The molecule has 0 aliphatic carbocycles. The molecule has 3 aromatic rings. The van der Waals surface area contributed by atoms with Crippen LogP contribution in [0.2, 0.25) is 0 Å². The average molecular weight is 343 g/mol. The first-order chi connectivity index (χ1) is 12.1. The summed E-state index contributed by atoms with van der Waals surface area (Å²) in [6.45, 7) is 0.457. The summed E-state index contributed by atoms with van der Waals surface area (Å²) in [5, 5.41) is 2.74. The van der Waals surface area contributed by atoms with Crippen LogP contribution in [-0.4, -0.2) is 22.0 Å². The molecule has 0 saturated heterocycles. The number of nitrogens with one attached hydrogen (secondary N) is 1. The number of carbonyl (C=O) groups excluding carboxylic acids is 1. The number of amides is 1. The number of carbonyl (C=O) groups is 1. The Labute approximate surface area is 144 Å². The molecule has 4 nitrogen and oxygen atoms in total. The first-order valence-electron chi connectivity index (χ1n) is 8.16. The Morgan fingerprint density at radius 1 is 1.16 bits per heavy atom. The minimum Gasteiger partial charge on any atom is -0.356 e. The van der Waals surface area contributed by atoms with Crippen LogP contribution in [0.25, 0.3) is 11.0 Å². The number of hydrogen-bond donors (Lipinski definition) is 1. The number of benzene rings is 2. The van der Waals surface area contributed by atoms with E-state index in [-0.39, 0.29) is 17.9 Å². The summed E-state index contributed by atoms with van der Waals surface area (Å²) in [4.78, 5) is 16.5. The Morgan fingerprint density at radius 2 is 1.96 bits per heavy atom. The van der Waals surface area contributed by atoms with Crippen LogP contribution in [0.1, 0.15) is 17.8 Å². The number of rotatable bonds is 6. The molecule has 3 rings (SSSR count). The quantitative estimate of drug-likeness (QED) is 0.699. The summed E-state index contributed by atoms with van der Waals surface area (Å²) >= 11 is 0. The van der Waals surface area contributed by atoms with E-state index in [4.69, 9.17) is 0 Å². The summed E-state index contributed by atoms with van der Waals surface area (Å²) in [7, 11) is 1.97. The second-order valence-corrected chi connectivity index (χ2v) is 5.92. The molecule has 0 aliphatic rings. The molecular weight excluding hydrogens is 324 g/mol. The molecule has 0 aliphatic heterocycles. The third kappa shape index (κ3) is 3.84. The highest BCUT2D eigenvalue weighted by atomic mass is 19.2. The monoisotopic (exact) mass is 343 g/mol. The van der Waals surface area contributed by atoms with E-state index >= 15 is 0 Å². The maximum absolute atomic E-state index is 13.6. The van der Waals surface area contributed by atoms with Crippen molar-refractivity contribution in [2.24, 2.45) is 7.05 Å². The van der Waals surface area contributed by atoms with Crippen molar-refractivity contribution in [1.29, 1.82) is 0 Å². The topological polar surface area (TPSA) is 46.9 Å². The maximum Gasteiger partial charge on any atom is 0.224 e. The third-order valence-electron chi connectivity index (χ3n) is 4.16. The average Bonchev–Trinajstić information content (AvgIpc) is 2.92. The minimum atomic E-state index is -0.961. The molecule has 6 heteroatoms. The van der Waals surface area contributed by atoms with Gasteiger partial charge in [-0.1, -0.05) is 24.3 Å². The number of fused-ring (bicyclic) bond motifs is 1. The van der Waals surface area contributed by atoms with Crippen molar-refractivity contribution < 1.29 is 13.6 Å². The number of aryl methyl sites for hydroxylation is 2. The van der Waals surface area contributed by atoms with Crippen molar-refractivity contribution in [3.8, 4) is 0 Å². The smallest absolute Gasteiger partial charge is 0.224 e. The van der Waals surface area contributed by atoms with Gasteiger partial charge in [0, 0.05) is 25.6 Å². The molecule has 0 spiro atoms. The van der Waals surface area contributed by atoms with E-state index in [0.29, 0.717) is 13.0 Å². The van der Waals surface area contributed by atoms with Gasteiger partial charge in [-0.3, -0.25) is 4.79 Å². The normalized spacial score (nSPS) is 11.0. The maximum atomic E-state index is 13.6. The van der Waals surface area contributed by atoms with Gasteiger partial charge in [0.1, 0.15) is 5.82 Å². The second-order valence-electron chi connectivity index (χ2n) is 5.92. The Bertz CT molecular complexity index is 905. The molecule has 1 amide bonds. The van der Waals surface area contributed by atoms with Crippen LogP contribution in [0, 0.1) is 11.6 Å². The zero-order valence-electron chi connectivity index (χ0n) is 13.9. The van der Waals surface area contributed by atoms with Crippen LogP contribution < -0.4 is 5.32 Å². The predicted molar refractivity (Wildman–Crippen MR) is 92.1 cm³/mol. The number of para-hydroxylation sites is 2. The van der Waals surface area contributed by atoms with Crippen molar-refractivity contribution in [1.82, 2.24) is 14.9 Å². The Balaban J connectivity index is 1.50.